The third-order valence-corrected chi connectivity index (χ3v) is 2.81. The number of aliphatic hydroxyl groups excluding tert-OH is 1. The second-order valence-electron chi connectivity index (χ2n) is 3.87. The lowest BCUT2D eigenvalue weighted by Crippen LogP contribution is -2.44. The minimum Gasteiger partial charge on any atom is -0.394 e. The van der Waals surface area contributed by atoms with Gasteiger partial charge in [0.15, 0.2) is 6.23 Å². The van der Waals surface area contributed by atoms with Crippen LogP contribution in [0.4, 0.5) is 10.3 Å². The summed E-state index contributed by atoms with van der Waals surface area (Å²) in [7, 11) is 0. The molecular formula is C10H10ClFN4O4. The lowest BCUT2D eigenvalue weighted by molar-refractivity contribution is -0.0547. The molecule has 1 aromatic rings. The fourth-order valence-electron chi connectivity index (χ4n) is 1.77. The van der Waals surface area contributed by atoms with Gasteiger partial charge >= 0.3 is 5.69 Å². The Balaban J connectivity index is 2.57. The summed E-state index contributed by atoms with van der Waals surface area (Å²) >= 11 is 5.15. The maximum atomic E-state index is 15.0. The molecule has 0 bridgehead atoms. The van der Waals surface area contributed by atoms with Crippen molar-refractivity contribution in [3.8, 4) is 11.3 Å². The van der Waals surface area contributed by atoms with Crippen LogP contribution in [0.15, 0.2) is 11.1 Å². The summed E-state index contributed by atoms with van der Waals surface area (Å²) in [6, 6.07) is 0. The molecule has 1 aromatic heterocycles. The molecule has 1 saturated heterocycles. The zero-order chi connectivity index (χ0) is 16.7. The zero-order valence-electron chi connectivity index (χ0n) is 11.7. The maximum absolute atomic E-state index is 15.0. The molecule has 0 aliphatic carbocycles. The number of hydrogen-bond acceptors (Lipinski definition) is 7. The minimum atomic E-state index is -3.10. The summed E-state index contributed by atoms with van der Waals surface area (Å²) in [4.78, 5) is 18.5. The van der Waals surface area contributed by atoms with Crippen LogP contribution in [-0.4, -0.2) is 49.2 Å². The van der Waals surface area contributed by atoms with E-state index < -0.39 is 36.4 Å². The average Bonchev–Trinajstić information content (AvgIpc) is 2.63. The van der Waals surface area contributed by atoms with Gasteiger partial charge in [-0.05, 0) is 17.5 Å². The molecule has 4 atom stereocenters. The van der Waals surface area contributed by atoms with Gasteiger partial charge in [0.2, 0.25) is 11.6 Å². The van der Waals surface area contributed by atoms with Gasteiger partial charge in [0, 0.05) is 5.38 Å². The van der Waals surface area contributed by atoms with Crippen molar-refractivity contribution in [2.45, 2.75) is 24.1 Å². The van der Waals surface area contributed by atoms with Gasteiger partial charge in [-0.1, -0.05) is 0 Å². The van der Waals surface area contributed by atoms with E-state index in [9.17, 15) is 19.4 Å². The molecule has 0 aromatic carbocycles. The van der Waals surface area contributed by atoms with Crippen molar-refractivity contribution in [3.63, 3.8) is 0 Å². The van der Waals surface area contributed by atoms with Crippen LogP contribution < -0.4 is 11.4 Å². The second-order valence-corrected chi connectivity index (χ2v) is 4.06. The standard InChI is InChI=1S/C10H10ClFN4O4/c11-2-1-10(12)6(18)5(3-17)20-7(10)16-4-14-8(13)15-9(16)19/h4-7,17-18H,3H2,(H2,13,15,19)/t5-,6+,7-,10?/m1/s1/i3D2. The smallest absolute Gasteiger partial charge is 0.354 e. The van der Waals surface area contributed by atoms with Gasteiger partial charge in [-0.25, -0.2) is 14.2 Å². The van der Waals surface area contributed by atoms with E-state index in [4.69, 9.17) is 24.8 Å². The van der Waals surface area contributed by atoms with Crippen molar-refractivity contribution in [1.82, 2.24) is 14.5 Å². The number of alkyl halides is 1. The summed E-state index contributed by atoms with van der Waals surface area (Å²) in [5.74, 6) is 1.44. The number of halogens is 2. The Bertz CT molecular complexity index is 703. The summed E-state index contributed by atoms with van der Waals surface area (Å²) < 4.78 is 34.7. The Hall–Kier alpha value is -1.73. The summed E-state index contributed by atoms with van der Waals surface area (Å²) in [5.41, 5.74) is 1.16. The average molecular weight is 307 g/mol. The lowest BCUT2D eigenvalue weighted by atomic mass is 9.97. The van der Waals surface area contributed by atoms with Gasteiger partial charge in [0.25, 0.3) is 0 Å². The molecule has 1 aliphatic heterocycles. The van der Waals surface area contributed by atoms with E-state index in [1.54, 1.807) is 5.38 Å². The molecule has 2 rings (SSSR count). The highest BCUT2D eigenvalue weighted by Crippen LogP contribution is 2.40. The molecular weight excluding hydrogens is 295 g/mol. The van der Waals surface area contributed by atoms with Crippen LogP contribution in [0.5, 0.6) is 0 Å². The van der Waals surface area contributed by atoms with Gasteiger partial charge < -0.3 is 20.7 Å². The topological polar surface area (TPSA) is 123 Å². The molecule has 0 spiro atoms. The first-order chi connectivity index (χ1) is 10.1. The number of nitrogen functional groups attached to an aromatic ring is 1. The van der Waals surface area contributed by atoms with E-state index in [-0.39, 0.29) is 5.95 Å². The first-order valence-electron chi connectivity index (χ1n) is 6.19. The van der Waals surface area contributed by atoms with Crippen molar-refractivity contribution in [3.05, 3.63) is 16.8 Å². The molecule has 10 heteroatoms. The van der Waals surface area contributed by atoms with E-state index in [1.165, 1.54) is 0 Å². The molecule has 4 N–H and O–H groups in total. The molecule has 1 unspecified atom stereocenters. The first-order valence-corrected chi connectivity index (χ1v) is 5.57. The highest BCUT2D eigenvalue weighted by molar-refractivity contribution is 6.30. The molecule has 0 radical (unpaired) electrons. The van der Waals surface area contributed by atoms with Crippen LogP contribution in [0, 0.1) is 11.3 Å². The SMILES string of the molecule is [2H]C([2H])(O)[C@H]1O[C@@H](n2cnc(N)nc2=O)C(F)(C#CCl)[C@H]1O. The van der Waals surface area contributed by atoms with E-state index >= 15 is 0 Å². The van der Waals surface area contributed by atoms with Crippen molar-refractivity contribution in [2.75, 3.05) is 12.3 Å². The summed E-state index contributed by atoms with van der Waals surface area (Å²) in [6.45, 7) is -3.10. The number of aliphatic hydroxyl groups is 2. The second kappa shape index (κ2) is 5.34. The fraction of sp³-hybridized carbons (Fsp3) is 0.500. The molecule has 1 aliphatic rings. The third-order valence-electron chi connectivity index (χ3n) is 2.72. The monoisotopic (exact) mass is 306 g/mol. The molecule has 8 nitrogen and oxygen atoms in total. The lowest BCUT2D eigenvalue weighted by Gasteiger charge is -2.23. The number of ether oxygens (including phenoxy) is 1. The number of anilines is 1. The molecule has 2 heterocycles. The van der Waals surface area contributed by atoms with Crippen LogP contribution in [-0.2, 0) is 4.74 Å². The number of nitrogens with two attached hydrogens (primary N) is 1. The van der Waals surface area contributed by atoms with Crippen LogP contribution in [0.1, 0.15) is 8.97 Å². The van der Waals surface area contributed by atoms with E-state index in [0.29, 0.717) is 4.57 Å². The van der Waals surface area contributed by atoms with Crippen molar-refractivity contribution in [2.24, 2.45) is 0 Å². The highest BCUT2D eigenvalue weighted by atomic mass is 35.5. The van der Waals surface area contributed by atoms with Crippen LogP contribution in [0.25, 0.3) is 0 Å². The largest absolute Gasteiger partial charge is 0.394 e. The van der Waals surface area contributed by atoms with E-state index in [1.807, 2.05) is 5.92 Å². The van der Waals surface area contributed by atoms with Gasteiger partial charge in [0.05, 0.1) is 9.30 Å². The number of aromatic nitrogens is 3. The minimum absolute atomic E-state index is 0.373. The quantitative estimate of drug-likeness (QED) is 0.561. The van der Waals surface area contributed by atoms with Crippen molar-refractivity contribution < 1.29 is 22.1 Å². The predicted molar refractivity (Wildman–Crippen MR) is 65.2 cm³/mol. The molecule has 20 heavy (non-hydrogen) atoms. The maximum Gasteiger partial charge on any atom is 0.354 e. The Kier molecular flexibility index (Phi) is 3.21. The van der Waals surface area contributed by atoms with E-state index in [2.05, 4.69) is 9.97 Å². The number of hydrogen-bond donors (Lipinski definition) is 3. The third kappa shape index (κ3) is 2.23. The Labute approximate surface area is 119 Å². The van der Waals surface area contributed by atoms with Gasteiger partial charge in [0.1, 0.15) is 18.5 Å². The molecule has 0 amide bonds. The number of rotatable bonds is 2. The highest BCUT2D eigenvalue weighted by Gasteiger charge is 2.58. The van der Waals surface area contributed by atoms with Gasteiger partial charge in [-0.2, -0.15) is 4.98 Å². The Morgan fingerprint density at radius 2 is 2.50 bits per heavy atom. The Morgan fingerprint density at radius 3 is 3.05 bits per heavy atom. The summed E-state index contributed by atoms with van der Waals surface area (Å²) in [6.07, 6.45) is -5.39. The van der Waals surface area contributed by atoms with Crippen molar-refractivity contribution in [1.29, 1.82) is 0 Å². The van der Waals surface area contributed by atoms with E-state index in [0.717, 1.165) is 6.33 Å². The molecule has 0 saturated carbocycles. The van der Waals surface area contributed by atoms with Gasteiger partial charge in [-0.3, -0.25) is 4.57 Å². The predicted octanol–water partition coefficient (Wildman–Crippen LogP) is -1.62. The first kappa shape index (κ1) is 12.0. The summed E-state index contributed by atoms with van der Waals surface area (Å²) in [5, 5.41) is 20.9. The molecule has 1 fully saturated rings. The van der Waals surface area contributed by atoms with Crippen LogP contribution in [0.3, 0.4) is 0 Å². The van der Waals surface area contributed by atoms with Crippen LogP contribution >= 0.6 is 11.6 Å². The zero-order valence-corrected chi connectivity index (χ0v) is 10.5. The van der Waals surface area contributed by atoms with Crippen molar-refractivity contribution >= 4 is 17.5 Å². The fourth-order valence-corrected chi connectivity index (χ4v) is 1.92. The number of nitrogens with zero attached hydrogens (tertiary/aromatic N) is 3. The normalized spacial score (nSPS) is 34.9. The molecule has 108 valence electrons. The Morgan fingerprint density at radius 1 is 1.80 bits per heavy atom. The van der Waals surface area contributed by atoms with Gasteiger partial charge in [-0.15, -0.1) is 0 Å². The van der Waals surface area contributed by atoms with Crippen LogP contribution in [0.2, 0.25) is 0 Å².